The van der Waals surface area contributed by atoms with E-state index in [0.717, 1.165) is 5.56 Å². The van der Waals surface area contributed by atoms with Crippen LogP contribution in [0.25, 0.3) is 11.0 Å². The van der Waals surface area contributed by atoms with Crippen LogP contribution in [0.2, 0.25) is 0 Å². The van der Waals surface area contributed by atoms with Crippen LogP contribution in [0.15, 0.2) is 53.5 Å². The number of benzene rings is 1. The fraction of sp³-hybridized carbons (Fsp3) is 0.105. The van der Waals surface area contributed by atoms with Gasteiger partial charge in [0.15, 0.2) is 12.5 Å². The maximum atomic E-state index is 11.9. The number of hydrogen-bond donors (Lipinski definition) is 2. The molecule has 0 amide bonds. The summed E-state index contributed by atoms with van der Waals surface area (Å²) in [5.74, 6) is -1.27. The van der Waals surface area contributed by atoms with Crippen LogP contribution in [-0.2, 0) is 6.54 Å². The second kappa shape index (κ2) is 9.04. The van der Waals surface area contributed by atoms with Crippen LogP contribution in [-0.4, -0.2) is 33.1 Å². The van der Waals surface area contributed by atoms with Crippen molar-refractivity contribution in [2.45, 2.75) is 13.5 Å². The molecule has 8 heteroatoms. The first kappa shape index (κ1) is 19.5. The summed E-state index contributed by atoms with van der Waals surface area (Å²) in [6.45, 7) is 2.25. The van der Waals surface area contributed by atoms with Crippen LogP contribution in [0.1, 0.15) is 33.3 Å². The third-order valence-electron chi connectivity index (χ3n) is 3.66. The Morgan fingerprint density at radius 3 is 2.52 bits per heavy atom. The first-order valence-corrected chi connectivity index (χ1v) is 8.00. The summed E-state index contributed by atoms with van der Waals surface area (Å²) < 4.78 is 1.53. The smallest absolute Gasteiger partial charge is 0.341 e. The van der Waals surface area contributed by atoms with E-state index in [4.69, 9.17) is 5.11 Å². The van der Waals surface area contributed by atoms with Gasteiger partial charge in [-0.15, -0.1) is 0 Å². The quantitative estimate of drug-likeness (QED) is 0.301. The second-order valence-corrected chi connectivity index (χ2v) is 5.36. The molecule has 27 heavy (non-hydrogen) atoms. The highest BCUT2D eigenvalue weighted by Gasteiger charge is 2.14. The van der Waals surface area contributed by atoms with Gasteiger partial charge < -0.3 is 14.9 Å². The lowest BCUT2D eigenvalue weighted by atomic mass is 10.2. The number of pyridine rings is 2. The van der Waals surface area contributed by atoms with Crippen molar-refractivity contribution in [2.75, 3.05) is 0 Å². The standard InChI is InChI=1S/C12H10N2O4.C7H7NO/c1-2-14-5-9(12(17)18)10(16)8-4-3-7(6-15)13-11(8)14;9-8-6-7-4-2-1-3-5-7/h3-6H,2H2,1H3,(H,17,18);1-6,8H. The molecule has 0 fully saturated rings. The number of nitrogens with one attached hydrogen (secondary N) is 1. The average Bonchev–Trinajstić information content (AvgIpc) is 2.69. The first-order valence-electron chi connectivity index (χ1n) is 8.00. The third-order valence-corrected chi connectivity index (χ3v) is 3.66. The number of rotatable bonds is 4. The summed E-state index contributed by atoms with van der Waals surface area (Å²) >= 11 is 0. The predicted molar refractivity (Wildman–Crippen MR) is 100.0 cm³/mol. The fourth-order valence-corrected chi connectivity index (χ4v) is 2.36. The summed E-state index contributed by atoms with van der Waals surface area (Å²) in [5, 5.41) is 20.7. The third kappa shape index (κ3) is 4.63. The molecular weight excluding hydrogens is 350 g/mol. The highest BCUT2D eigenvalue weighted by atomic mass is 16.4. The molecule has 0 aliphatic rings. The first-order chi connectivity index (χ1) is 13.0. The van der Waals surface area contributed by atoms with E-state index in [1.54, 1.807) is 12.1 Å². The van der Waals surface area contributed by atoms with E-state index in [1.165, 1.54) is 29.1 Å². The number of fused-ring (bicyclic) bond motifs is 1. The van der Waals surface area contributed by atoms with Gasteiger partial charge in [0.05, 0.1) is 5.39 Å². The molecule has 3 aromatic rings. The number of aldehydes is 1. The van der Waals surface area contributed by atoms with Crippen LogP contribution in [0.4, 0.5) is 0 Å². The zero-order chi connectivity index (χ0) is 19.8. The SMILES string of the molecule is CCn1cc(C(=O)O)c(=O)c2ccc(C=O)nc21.[O-][NH+]=Cc1ccccc1. The molecule has 8 nitrogen and oxygen atoms in total. The minimum absolute atomic E-state index is 0.197. The Labute approximate surface area is 154 Å². The molecule has 0 aliphatic carbocycles. The lowest BCUT2D eigenvalue weighted by Gasteiger charge is -2.09. The van der Waals surface area contributed by atoms with Crippen molar-refractivity contribution in [3.8, 4) is 0 Å². The van der Waals surface area contributed by atoms with Crippen molar-refractivity contribution in [1.82, 2.24) is 9.55 Å². The van der Waals surface area contributed by atoms with E-state index in [9.17, 15) is 19.6 Å². The van der Waals surface area contributed by atoms with Gasteiger partial charge in [0, 0.05) is 18.3 Å². The van der Waals surface area contributed by atoms with Gasteiger partial charge in [0.1, 0.15) is 16.9 Å². The van der Waals surface area contributed by atoms with E-state index in [-0.39, 0.29) is 16.6 Å². The van der Waals surface area contributed by atoms with Crippen molar-refractivity contribution in [2.24, 2.45) is 0 Å². The van der Waals surface area contributed by atoms with Crippen LogP contribution in [0.5, 0.6) is 0 Å². The summed E-state index contributed by atoms with van der Waals surface area (Å²) in [4.78, 5) is 37.6. The van der Waals surface area contributed by atoms with Crippen LogP contribution in [0, 0.1) is 5.21 Å². The maximum Gasteiger partial charge on any atom is 0.341 e. The topological polar surface area (TPSA) is 126 Å². The molecule has 0 unspecified atom stereocenters. The number of aromatic carboxylic acids is 1. The summed E-state index contributed by atoms with van der Waals surface area (Å²) in [5.41, 5.74) is 0.522. The number of nitrogens with zero attached hydrogens (tertiary/aromatic N) is 2. The zero-order valence-corrected chi connectivity index (χ0v) is 14.5. The molecule has 2 N–H and O–H groups in total. The molecule has 2 heterocycles. The van der Waals surface area contributed by atoms with Crippen molar-refractivity contribution < 1.29 is 19.9 Å². The number of aryl methyl sites for hydroxylation is 1. The average molecular weight is 367 g/mol. The lowest BCUT2D eigenvalue weighted by Crippen LogP contribution is -2.60. The summed E-state index contributed by atoms with van der Waals surface area (Å²) in [6, 6.07) is 12.2. The Morgan fingerprint density at radius 2 is 1.96 bits per heavy atom. The van der Waals surface area contributed by atoms with E-state index in [1.807, 2.05) is 30.3 Å². The Kier molecular flexibility index (Phi) is 6.54. The van der Waals surface area contributed by atoms with Crippen LogP contribution in [0.3, 0.4) is 0 Å². The minimum Gasteiger partial charge on any atom is -0.625 e. The van der Waals surface area contributed by atoms with E-state index in [0.29, 0.717) is 18.5 Å². The van der Waals surface area contributed by atoms with Crippen molar-refractivity contribution in [3.05, 3.63) is 80.9 Å². The monoisotopic (exact) mass is 367 g/mol. The van der Waals surface area contributed by atoms with Gasteiger partial charge in [-0.05, 0) is 31.2 Å². The summed E-state index contributed by atoms with van der Waals surface area (Å²) in [6.07, 6.45) is 3.23. The fourth-order valence-electron chi connectivity index (χ4n) is 2.36. The lowest BCUT2D eigenvalue weighted by molar-refractivity contribution is -0.366. The van der Waals surface area contributed by atoms with Crippen molar-refractivity contribution >= 4 is 29.5 Å². The van der Waals surface area contributed by atoms with Gasteiger partial charge in [-0.2, -0.15) is 0 Å². The van der Waals surface area contributed by atoms with E-state index < -0.39 is 11.4 Å². The van der Waals surface area contributed by atoms with Crippen molar-refractivity contribution in [3.63, 3.8) is 0 Å². The normalized spacial score (nSPS) is 10.4. The Morgan fingerprint density at radius 1 is 1.26 bits per heavy atom. The van der Waals surface area contributed by atoms with Gasteiger partial charge in [-0.1, -0.05) is 18.2 Å². The van der Waals surface area contributed by atoms with E-state index in [2.05, 4.69) is 4.98 Å². The highest BCUT2D eigenvalue weighted by Crippen LogP contribution is 2.10. The zero-order valence-electron chi connectivity index (χ0n) is 14.5. The molecule has 2 aromatic heterocycles. The molecule has 0 saturated heterocycles. The highest BCUT2D eigenvalue weighted by molar-refractivity contribution is 5.92. The van der Waals surface area contributed by atoms with Crippen LogP contribution >= 0.6 is 0 Å². The van der Waals surface area contributed by atoms with Gasteiger partial charge in [-0.25, -0.2) is 14.9 Å². The number of hydrogen-bond acceptors (Lipinski definition) is 5. The summed E-state index contributed by atoms with van der Waals surface area (Å²) in [7, 11) is 0. The molecule has 0 bridgehead atoms. The molecule has 0 spiro atoms. The Hall–Kier alpha value is -3.81. The van der Waals surface area contributed by atoms with Gasteiger partial charge in [0.25, 0.3) is 0 Å². The Balaban J connectivity index is 0.000000244. The molecular formula is C19H17N3O5. The van der Waals surface area contributed by atoms with Crippen molar-refractivity contribution in [1.29, 1.82) is 0 Å². The number of carboxylic acid groups (broad SMARTS) is 1. The molecule has 0 saturated carbocycles. The maximum absolute atomic E-state index is 11.9. The largest absolute Gasteiger partial charge is 0.625 e. The van der Waals surface area contributed by atoms with Crippen LogP contribution < -0.4 is 10.6 Å². The minimum atomic E-state index is -1.27. The molecule has 0 radical (unpaired) electrons. The number of aromatic nitrogens is 2. The predicted octanol–water partition coefficient (Wildman–Crippen LogP) is 0.611. The molecule has 0 aliphatic heterocycles. The number of carboxylic acids is 1. The van der Waals surface area contributed by atoms with Gasteiger partial charge in [0.2, 0.25) is 5.43 Å². The number of carbonyl (C=O) groups is 2. The second-order valence-electron chi connectivity index (χ2n) is 5.36. The molecule has 138 valence electrons. The molecule has 1 aromatic carbocycles. The van der Waals surface area contributed by atoms with Gasteiger partial charge >= 0.3 is 5.97 Å². The number of carbonyl (C=O) groups excluding carboxylic acids is 1. The molecule has 3 rings (SSSR count). The molecule has 0 atom stereocenters. The van der Waals surface area contributed by atoms with E-state index >= 15 is 0 Å². The van der Waals surface area contributed by atoms with Gasteiger partial charge in [-0.3, -0.25) is 9.59 Å². The Bertz CT molecular complexity index is 1040.